The molecule has 3 amide bonds. The van der Waals surface area contributed by atoms with Gasteiger partial charge in [0.15, 0.2) is 0 Å². The van der Waals surface area contributed by atoms with Crippen molar-refractivity contribution in [3.63, 3.8) is 0 Å². The summed E-state index contributed by atoms with van der Waals surface area (Å²) < 4.78 is 2.12. The summed E-state index contributed by atoms with van der Waals surface area (Å²) in [6.45, 7) is 3.55. The maximum absolute atomic E-state index is 12.2. The Morgan fingerprint density at radius 1 is 1.27 bits per heavy atom. The molecule has 3 heterocycles. The minimum absolute atomic E-state index is 0.0258. The molecule has 0 unspecified atom stereocenters. The van der Waals surface area contributed by atoms with Crippen LogP contribution in [0.3, 0.4) is 0 Å². The van der Waals surface area contributed by atoms with Crippen LogP contribution in [0.15, 0.2) is 6.33 Å². The largest absolute Gasteiger partial charge is 0.337 e. The first-order valence-electron chi connectivity index (χ1n) is 7.83. The Bertz CT molecular complexity index is 580. The highest BCUT2D eigenvalue weighted by molar-refractivity contribution is 5.78. The van der Waals surface area contributed by atoms with Gasteiger partial charge in [-0.25, -0.2) is 9.78 Å². The number of amides is 3. The van der Waals surface area contributed by atoms with Gasteiger partial charge in [-0.15, -0.1) is 0 Å². The van der Waals surface area contributed by atoms with Crippen LogP contribution in [0.4, 0.5) is 4.79 Å². The van der Waals surface area contributed by atoms with Gasteiger partial charge in [0.2, 0.25) is 5.91 Å². The summed E-state index contributed by atoms with van der Waals surface area (Å²) in [7, 11) is 3.54. The first-order chi connectivity index (χ1) is 10.6. The van der Waals surface area contributed by atoms with Gasteiger partial charge in [-0.3, -0.25) is 4.79 Å². The van der Waals surface area contributed by atoms with Gasteiger partial charge < -0.3 is 19.3 Å². The van der Waals surface area contributed by atoms with Crippen molar-refractivity contribution in [3.8, 4) is 0 Å². The molecule has 1 saturated heterocycles. The van der Waals surface area contributed by atoms with Crippen LogP contribution in [0.5, 0.6) is 0 Å². The fraction of sp³-hybridized carbons (Fsp3) is 0.667. The molecule has 2 aliphatic heterocycles. The van der Waals surface area contributed by atoms with E-state index in [-0.39, 0.29) is 11.9 Å². The maximum atomic E-state index is 12.2. The van der Waals surface area contributed by atoms with E-state index in [1.165, 1.54) is 0 Å². The van der Waals surface area contributed by atoms with E-state index in [4.69, 9.17) is 0 Å². The number of carbonyl (C=O) groups is 2. The van der Waals surface area contributed by atoms with Crippen molar-refractivity contribution in [2.24, 2.45) is 0 Å². The number of aromatic nitrogens is 2. The zero-order valence-corrected chi connectivity index (χ0v) is 13.3. The Kier molecular flexibility index (Phi) is 4.04. The molecule has 0 bridgehead atoms. The van der Waals surface area contributed by atoms with Crippen molar-refractivity contribution in [3.05, 3.63) is 17.7 Å². The van der Waals surface area contributed by atoms with Crippen molar-refractivity contribution in [2.45, 2.75) is 38.9 Å². The molecule has 0 aliphatic carbocycles. The number of nitrogens with zero attached hydrogens (tertiary/aromatic N) is 5. The Morgan fingerprint density at radius 3 is 2.77 bits per heavy atom. The standard InChI is InChI=1S/C15H23N5O2/c1-17(2)15(22)19-7-4-8-20-11-16-12(13(20)10-19)9-18-6-3-5-14(18)21/h11H,3-10H2,1-2H3. The Balaban J connectivity index is 1.80. The third kappa shape index (κ3) is 2.80. The number of rotatable bonds is 2. The lowest BCUT2D eigenvalue weighted by molar-refractivity contribution is -0.128. The summed E-state index contributed by atoms with van der Waals surface area (Å²) in [5.41, 5.74) is 1.99. The number of hydrogen-bond donors (Lipinski definition) is 0. The van der Waals surface area contributed by atoms with Crippen molar-refractivity contribution in [2.75, 3.05) is 27.2 Å². The molecular weight excluding hydrogens is 282 g/mol. The van der Waals surface area contributed by atoms with Gasteiger partial charge in [0, 0.05) is 40.2 Å². The lowest BCUT2D eigenvalue weighted by atomic mass is 10.3. The average molecular weight is 305 g/mol. The maximum Gasteiger partial charge on any atom is 0.319 e. The van der Waals surface area contributed by atoms with Crippen LogP contribution in [-0.2, 0) is 24.4 Å². The highest BCUT2D eigenvalue weighted by atomic mass is 16.2. The topological polar surface area (TPSA) is 61.7 Å². The highest BCUT2D eigenvalue weighted by Gasteiger charge is 2.26. The number of hydrogen-bond acceptors (Lipinski definition) is 3. The molecule has 22 heavy (non-hydrogen) atoms. The summed E-state index contributed by atoms with van der Waals surface area (Å²) in [5.74, 6) is 0.205. The molecule has 0 saturated carbocycles. The van der Waals surface area contributed by atoms with Crippen molar-refractivity contribution >= 4 is 11.9 Å². The fourth-order valence-corrected chi connectivity index (χ4v) is 3.15. The third-order valence-corrected chi connectivity index (χ3v) is 4.37. The van der Waals surface area contributed by atoms with E-state index >= 15 is 0 Å². The summed E-state index contributed by atoms with van der Waals surface area (Å²) in [6, 6.07) is 0.0258. The van der Waals surface area contributed by atoms with Crippen LogP contribution in [0, 0.1) is 0 Å². The Morgan fingerprint density at radius 2 is 2.09 bits per heavy atom. The molecule has 1 aromatic rings. The number of imidazole rings is 1. The third-order valence-electron chi connectivity index (χ3n) is 4.37. The minimum atomic E-state index is 0.0258. The highest BCUT2D eigenvalue weighted by Crippen LogP contribution is 2.20. The molecule has 120 valence electrons. The van der Waals surface area contributed by atoms with Crippen molar-refractivity contribution in [1.29, 1.82) is 0 Å². The number of likely N-dealkylation sites (tertiary alicyclic amines) is 1. The summed E-state index contributed by atoms with van der Waals surface area (Å²) in [5, 5.41) is 0. The van der Waals surface area contributed by atoms with Gasteiger partial charge >= 0.3 is 6.03 Å². The molecule has 7 nitrogen and oxygen atoms in total. The quantitative estimate of drug-likeness (QED) is 0.815. The lowest BCUT2D eigenvalue weighted by Crippen LogP contribution is -2.39. The Hall–Kier alpha value is -2.05. The van der Waals surface area contributed by atoms with Gasteiger partial charge in [0.05, 0.1) is 30.8 Å². The second-order valence-corrected chi connectivity index (χ2v) is 6.20. The first kappa shape index (κ1) is 14.9. The van der Waals surface area contributed by atoms with Crippen molar-refractivity contribution < 1.29 is 9.59 Å². The molecule has 1 fully saturated rings. The van der Waals surface area contributed by atoms with Crippen LogP contribution in [0.1, 0.15) is 30.7 Å². The molecule has 0 atom stereocenters. The molecule has 0 aromatic carbocycles. The number of urea groups is 1. The second-order valence-electron chi connectivity index (χ2n) is 6.20. The van der Waals surface area contributed by atoms with Crippen LogP contribution in [0.2, 0.25) is 0 Å². The van der Waals surface area contributed by atoms with Gasteiger partial charge in [0.25, 0.3) is 0 Å². The van der Waals surface area contributed by atoms with E-state index in [1.54, 1.807) is 19.0 Å². The smallest absolute Gasteiger partial charge is 0.319 e. The van der Waals surface area contributed by atoms with Crippen LogP contribution < -0.4 is 0 Å². The van der Waals surface area contributed by atoms with E-state index in [1.807, 2.05) is 16.1 Å². The monoisotopic (exact) mass is 305 g/mol. The zero-order chi connectivity index (χ0) is 15.7. The van der Waals surface area contributed by atoms with Crippen LogP contribution in [0.25, 0.3) is 0 Å². The van der Waals surface area contributed by atoms with Gasteiger partial charge in [0.1, 0.15) is 0 Å². The number of carbonyl (C=O) groups excluding carboxylic acids is 2. The Labute approximate surface area is 130 Å². The predicted octanol–water partition coefficient (Wildman–Crippen LogP) is 0.893. The molecule has 1 aromatic heterocycles. The van der Waals surface area contributed by atoms with Crippen molar-refractivity contribution in [1.82, 2.24) is 24.3 Å². The second kappa shape index (κ2) is 5.98. The van der Waals surface area contributed by atoms with Crippen LogP contribution >= 0.6 is 0 Å². The van der Waals surface area contributed by atoms with E-state index in [2.05, 4.69) is 9.55 Å². The molecule has 0 N–H and O–H groups in total. The van der Waals surface area contributed by atoms with Gasteiger partial charge in [-0.1, -0.05) is 0 Å². The van der Waals surface area contributed by atoms with E-state index in [9.17, 15) is 9.59 Å². The lowest BCUT2D eigenvalue weighted by Gasteiger charge is -2.25. The fourth-order valence-electron chi connectivity index (χ4n) is 3.15. The summed E-state index contributed by atoms with van der Waals surface area (Å²) in [4.78, 5) is 33.9. The SMILES string of the molecule is CN(C)C(=O)N1CCCn2cnc(CN3CCCC3=O)c2C1. The van der Waals surface area contributed by atoms with E-state index < -0.39 is 0 Å². The van der Waals surface area contributed by atoms with Gasteiger partial charge in [-0.2, -0.15) is 0 Å². The minimum Gasteiger partial charge on any atom is -0.337 e. The zero-order valence-electron chi connectivity index (χ0n) is 13.3. The van der Waals surface area contributed by atoms with Crippen LogP contribution in [-0.4, -0.2) is 63.4 Å². The predicted molar refractivity (Wildman–Crippen MR) is 81.0 cm³/mol. The first-order valence-corrected chi connectivity index (χ1v) is 7.83. The molecule has 0 spiro atoms. The van der Waals surface area contributed by atoms with Gasteiger partial charge in [-0.05, 0) is 12.8 Å². The average Bonchev–Trinajstić information content (AvgIpc) is 2.98. The molecule has 2 aliphatic rings. The number of fused-ring (bicyclic) bond motifs is 1. The molecule has 7 heteroatoms. The summed E-state index contributed by atoms with van der Waals surface area (Å²) >= 11 is 0. The van der Waals surface area contributed by atoms with E-state index in [0.717, 1.165) is 43.9 Å². The normalized spacial score (nSPS) is 18.4. The van der Waals surface area contributed by atoms with E-state index in [0.29, 0.717) is 19.5 Å². The summed E-state index contributed by atoms with van der Waals surface area (Å²) in [6.07, 6.45) is 4.33. The molecule has 3 rings (SSSR count). The molecular formula is C15H23N5O2. The number of aryl methyl sites for hydroxylation is 1. The molecule has 0 radical (unpaired) electrons.